The highest BCUT2D eigenvalue weighted by Gasteiger charge is 2.45. The fourth-order valence-electron chi connectivity index (χ4n) is 6.50. The molecule has 0 amide bonds. The lowest BCUT2D eigenvalue weighted by molar-refractivity contribution is -0.138. The van der Waals surface area contributed by atoms with E-state index in [1.54, 1.807) is 12.5 Å². The molecule has 0 radical (unpaired) electrons. The van der Waals surface area contributed by atoms with E-state index in [1.165, 1.54) is 12.5 Å². The fourth-order valence-corrected chi connectivity index (χ4v) is 7.88. The number of aromatic nitrogens is 4. The van der Waals surface area contributed by atoms with Gasteiger partial charge in [-0.2, -0.15) is 13.2 Å². The molecule has 1 aromatic carbocycles. The summed E-state index contributed by atoms with van der Waals surface area (Å²) < 4.78 is 51.2. The number of pyridine rings is 1. The number of hydrogen-bond donors (Lipinski definition) is 1. The van der Waals surface area contributed by atoms with Crippen LogP contribution in [0, 0.1) is 11.8 Å². The molecule has 1 unspecified atom stereocenters. The third kappa shape index (κ3) is 7.97. The predicted octanol–water partition coefficient (Wildman–Crippen LogP) is 8.01. The smallest absolute Gasteiger partial charge is 0.414 e. The van der Waals surface area contributed by atoms with E-state index in [9.17, 15) is 13.2 Å². The molecule has 1 saturated heterocycles. The number of alkyl halides is 3. The molecule has 0 spiro atoms. The number of nitrogens with one attached hydrogen (secondary N) is 1. The van der Waals surface area contributed by atoms with Crippen molar-refractivity contribution >= 4 is 14.0 Å². The second kappa shape index (κ2) is 13.2. The quantitative estimate of drug-likeness (QED) is 0.226. The summed E-state index contributed by atoms with van der Waals surface area (Å²) in [5, 5.41) is 12.0. The highest BCUT2D eigenvalue weighted by Crippen LogP contribution is 2.47. The molecule has 45 heavy (non-hydrogen) atoms. The SMILES string of the molecule is C[C@H]1CCCN(Cc2cnc(CNc3cccc(C(c4nncn4C)C4CC(O[Si](C)(C)C(C)(C)C)C4)c3)c(C(F)(F)F)c2)C1. The molecule has 2 aromatic heterocycles. The summed E-state index contributed by atoms with van der Waals surface area (Å²) in [4.78, 5) is 6.55. The van der Waals surface area contributed by atoms with E-state index < -0.39 is 20.1 Å². The zero-order valence-electron chi connectivity index (χ0n) is 27.8. The van der Waals surface area contributed by atoms with Crippen molar-refractivity contribution in [2.75, 3.05) is 18.4 Å². The number of piperidine rings is 1. The van der Waals surface area contributed by atoms with Gasteiger partial charge in [0.1, 0.15) is 12.2 Å². The first-order valence-electron chi connectivity index (χ1n) is 16.2. The van der Waals surface area contributed by atoms with Gasteiger partial charge in [-0.1, -0.05) is 39.8 Å². The monoisotopic (exact) mass is 642 g/mol. The van der Waals surface area contributed by atoms with Crippen molar-refractivity contribution in [2.45, 2.75) is 103 Å². The number of benzene rings is 1. The van der Waals surface area contributed by atoms with Crippen LogP contribution in [0.2, 0.25) is 18.1 Å². The minimum Gasteiger partial charge on any atom is -0.414 e. The Bertz CT molecular complexity index is 1450. The first kappa shape index (κ1) is 33.6. The van der Waals surface area contributed by atoms with Gasteiger partial charge in [-0.25, -0.2) is 0 Å². The summed E-state index contributed by atoms with van der Waals surface area (Å²) >= 11 is 0. The zero-order chi connectivity index (χ0) is 32.6. The van der Waals surface area contributed by atoms with Crippen LogP contribution in [0.25, 0.3) is 0 Å². The molecule has 1 aliphatic heterocycles. The van der Waals surface area contributed by atoms with Crippen molar-refractivity contribution in [1.29, 1.82) is 0 Å². The van der Waals surface area contributed by atoms with Crippen LogP contribution in [0.5, 0.6) is 0 Å². The van der Waals surface area contributed by atoms with Gasteiger partial charge in [0.05, 0.1) is 17.8 Å². The highest BCUT2D eigenvalue weighted by atomic mass is 28.4. The van der Waals surface area contributed by atoms with Gasteiger partial charge in [0.25, 0.3) is 0 Å². The molecule has 3 heterocycles. The van der Waals surface area contributed by atoms with E-state index in [4.69, 9.17) is 4.43 Å². The van der Waals surface area contributed by atoms with Crippen LogP contribution in [0.1, 0.15) is 87.5 Å². The van der Waals surface area contributed by atoms with Crippen molar-refractivity contribution in [2.24, 2.45) is 18.9 Å². The molecule has 1 aliphatic carbocycles. The third-order valence-electron chi connectivity index (χ3n) is 10.1. The molecule has 2 atom stereocenters. The lowest BCUT2D eigenvalue weighted by Gasteiger charge is -2.46. The summed E-state index contributed by atoms with van der Waals surface area (Å²) in [6.07, 6.45) is 3.16. The molecule has 11 heteroatoms. The van der Waals surface area contributed by atoms with Gasteiger partial charge in [0.2, 0.25) is 0 Å². The minimum absolute atomic E-state index is 0.000772. The first-order valence-corrected chi connectivity index (χ1v) is 19.1. The Kier molecular flexibility index (Phi) is 9.82. The average molecular weight is 643 g/mol. The topological polar surface area (TPSA) is 68.1 Å². The van der Waals surface area contributed by atoms with E-state index in [2.05, 4.69) is 72.3 Å². The normalized spacial score (nSPS) is 22.2. The standard InChI is InChI=1S/C34H49F3N6OSi/c1-23-10-9-13-43(20-23)21-24-14-29(34(35,36)37)30(39-18-24)19-38-27-12-8-11-25(15-27)31(32-41-40-22-42(32)5)26-16-28(17-26)44-45(6,7)33(2,3)4/h8,11-12,14-15,18,22-23,26,28,31,38H,9-10,13,16-17,19-21H2,1-7H3/t23-,26?,28?,31?/m0/s1. The molecule has 1 saturated carbocycles. The maximum Gasteiger partial charge on any atom is 0.418 e. The molecular formula is C34H49F3N6OSi. The van der Waals surface area contributed by atoms with Crippen molar-refractivity contribution in [3.05, 3.63) is 71.1 Å². The van der Waals surface area contributed by atoms with Gasteiger partial charge in [0.15, 0.2) is 8.32 Å². The fraction of sp³-hybridized carbons (Fsp3) is 0.618. The van der Waals surface area contributed by atoms with E-state index in [0.29, 0.717) is 23.9 Å². The number of anilines is 1. The second-order valence-corrected chi connectivity index (χ2v) is 19.6. The summed E-state index contributed by atoms with van der Waals surface area (Å²) in [6, 6.07) is 9.22. The van der Waals surface area contributed by atoms with Crippen molar-refractivity contribution in [3.63, 3.8) is 0 Å². The number of likely N-dealkylation sites (tertiary alicyclic amines) is 1. The third-order valence-corrected chi connectivity index (χ3v) is 14.6. The van der Waals surface area contributed by atoms with Crippen LogP contribution in [0.4, 0.5) is 18.9 Å². The molecule has 2 fully saturated rings. The molecule has 7 nitrogen and oxygen atoms in total. The van der Waals surface area contributed by atoms with Crippen LogP contribution in [-0.2, 0) is 30.7 Å². The number of nitrogens with zero attached hydrogens (tertiary/aromatic N) is 5. The molecule has 0 bridgehead atoms. The Morgan fingerprint density at radius 2 is 1.89 bits per heavy atom. The van der Waals surface area contributed by atoms with Gasteiger partial charge >= 0.3 is 6.18 Å². The van der Waals surface area contributed by atoms with E-state index in [1.807, 2.05) is 29.8 Å². The van der Waals surface area contributed by atoms with E-state index in [-0.39, 0.29) is 29.3 Å². The lowest BCUT2D eigenvalue weighted by Crippen LogP contribution is -2.48. The minimum atomic E-state index is -4.49. The summed E-state index contributed by atoms with van der Waals surface area (Å²) in [5.41, 5.74) is 1.73. The van der Waals surface area contributed by atoms with Crippen molar-refractivity contribution in [1.82, 2.24) is 24.6 Å². The van der Waals surface area contributed by atoms with E-state index >= 15 is 0 Å². The van der Waals surface area contributed by atoms with Gasteiger partial charge in [-0.15, -0.1) is 10.2 Å². The zero-order valence-corrected chi connectivity index (χ0v) is 28.8. The Morgan fingerprint density at radius 1 is 1.13 bits per heavy atom. The van der Waals surface area contributed by atoms with Crippen LogP contribution in [0.15, 0.2) is 42.9 Å². The molecular weight excluding hydrogens is 593 g/mol. The maximum absolute atomic E-state index is 14.2. The Hall–Kier alpha value is -2.76. The van der Waals surface area contributed by atoms with Crippen LogP contribution < -0.4 is 5.32 Å². The van der Waals surface area contributed by atoms with Gasteiger partial charge in [-0.3, -0.25) is 9.88 Å². The van der Waals surface area contributed by atoms with Crippen LogP contribution in [-0.4, -0.2) is 52.2 Å². The molecule has 3 aromatic rings. The largest absolute Gasteiger partial charge is 0.418 e. The van der Waals surface area contributed by atoms with Crippen LogP contribution >= 0.6 is 0 Å². The summed E-state index contributed by atoms with van der Waals surface area (Å²) in [5.74, 6) is 1.76. The summed E-state index contributed by atoms with van der Waals surface area (Å²) in [7, 11) is 0.0727. The van der Waals surface area contributed by atoms with Gasteiger partial charge in [-0.05, 0) is 91.5 Å². The number of rotatable bonds is 10. The van der Waals surface area contributed by atoms with E-state index in [0.717, 1.165) is 49.4 Å². The number of hydrogen-bond acceptors (Lipinski definition) is 6. The van der Waals surface area contributed by atoms with Crippen molar-refractivity contribution < 1.29 is 17.6 Å². The Labute approximate surface area is 267 Å². The molecule has 5 rings (SSSR count). The predicted molar refractivity (Wildman–Crippen MR) is 174 cm³/mol. The highest BCUT2D eigenvalue weighted by molar-refractivity contribution is 6.74. The van der Waals surface area contributed by atoms with Gasteiger partial charge < -0.3 is 14.3 Å². The second-order valence-electron chi connectivity index (χ2n) is 14.8. The Morgan fingerprint density at radius 3 is 2.53 bits per heavy atom. The van der Waals surface area contributed by atoms with Gasteiger partial charge in [0, 0.05) is 44.0 Å². The van der Waals surface area contributed by atoms with Crippen molar-refractivity contribution in [3.8, 4) is 0 Å². The van der Waals surface area contributed by atoms with Crippen LogP contribution in [0.3, 0.4) is 0 Å². The summed E-state index contributed by atoms with van der Waals surface area (Å²) in [6.45, 7) is 15.8. The lowest BCUT2D eigenvalue weighted by atomic mass is 9.71. The number of halogens is 3. The average Bonchev–Trinajstić information content (AvgIpc) is 3.35. The maximum atomic E-state index is 14.2. The number of aryl methyl sites for hydroxylation is 1. The first-order chi connectivity index (χ1) is 21.1. The molecule has 1 N–H and O–H groups in total. The molecule has 246 valence electrons. The Balaban J connectivity index is 1.31. The molecule has 2 aliphatic rings.